The highest BCUT2D eigenvalue weighted by Gasteiger charge is 2.13. The summed E-state index contributed by atoms with van der Waals surface area (Å²) in [6.07, 6.45) is 1.71. The Morgan fingerprint density at radius 2 is 1.72 bits per heavy atom. The lowest BCUT2D eigenvalue weighted by Crippen LogP contribution is -2.36. The Bertz CT molecular complexity index is 651. The number of guanidine groups is 1. The molecule has 0 radical (unpaired) electrons. The zero-order chi connectivity index (χ0) is 17.4. The molecule has 2 aromatic rings. The number of methoxy groups -OCH3 is 3. The van der Waals surface area contributed by atoms with Crippen LogP contribution in [0.5, 0.6) is 17.2 Å². The molecule has 0 bridgehead atoms. The van der Waals surface area contributed by atoms with Gasteiger partial charge in [-0.3, -0.25) is 10.1 Å². The second kappa shape index (κ2) is 10.6. The number of ether oxygens (including phenoxy) is 3. The van der Waals surface area contributed by atoms with Crippen LogP contribution in [0.3, 0.4) is 0 Å². The molecule has 0 amide bonds. The zero-order valence-corrected chi connectivity index (χ0v) is 17.1. The average Bonchev–Trinajstić information content (AvgIpc) is 3.14. The van der Waals surface area contributed by atoms with Gasteiger partial charge in [0.05, 0.1) is 33.6 Å². The van der Waals surface area contributed by atoms with Gasteiger partial charge in [-0.2, -0.15) is 5.10 Å². The molecule has 8 nitrogen and oxygen atoms in total. The number of benzene rings is 1. The van der Waals surface area contributed by atoms with Crippen molar-refractivity contribution in [1.82, 2.24) is 20.8 Å². The van der Waals surface area contributed by atoms with Crippen molar-refractivity contribution in [3.05, 3.63) is 35.7 Å². The van der Waals surface area contributed by atoms with Gasteiger partial charge in [-0.25, -0.2) is 0 Å². The predicted molar refractivity (Wildman–Crippen MR) is 107 cm³/mol. The van der Waals surface area contributed by atoms with Crippen molar-refractivity contribution < 1.29 is 14.2 Å². The van der Waals surface area contributed by atoms with E-state index in [0.29, 0.717) is 36.3 Å². The monoisotopic (exact) mass is 461 g/mol. The first-order valence-corrected chi connectivity index (χ1v) is 7.43. The van der Waals surface area contributed by atoms with Crippen LogP contribution in [0.1, 0.15) is 11.3 Å². The van der Waals surface area contributed by atoms with Gasteiger partial charge in [0, 0.05) is 19.8 Å². The van der Waals surface area contributed by atoms with Crippen molar-refractivity contribution in [2.75, 3.05) is 28.4 Å². The first-order valence-electron chi connectivity index (χ1n) is 7.43. The van der Waals surface area contributed by atoms with Crippen molar-refractivity contribution in [3.8, 4) is 17.2 Å². The molecule has 0 saturated heterocycles. The number of rotatable bonds is 7. The van der Waals surface area contributed by atoms with E-state index < -0.39 is 0 Å². The van der Waals surface area contributed by atoms with Gasteiger partial charge in [-0.1, -0.05) is 0 Å². The van der Waals surface area contributed by atoms with E-state index in [2.05, 4.69) is 25.8 Å². The molecular formula is C16H24IN5O3. The maximum absolute atomic E-state index is 5.36. The van der Waals surface area contributed by atoms with Gasteiger partial charge in [0.1, 0.15) is 0 Å². The fraction of sp³-hybridized carbons (Fsp3) is 0.375. The molecule has 1 aromatic heterocycles. The molecule has 1 aromatic carbocycles. The van der Waals surface area contributed by atoms with E-state index in [1.54, 1.807) is 34.6 Å². The summed E-state index contributed by atoms with van der Waals surface area (Å²) in [4.78, 5) is 4.19. The van der Waals surface area contributed by atoms with Crippen LogP contribution in [0.25, 0.3) is 0 Å². The SMILES string of the molecule is CN=C(NCc1cc(OC)c(OC)c(OC)c1)NCc1ccn[nH]1.I. The topological polar surface area (TPSA) is 92.8 Å². The fourth-order valence-corrected chi connectivity index (χ4v) is 2.21. The molecule has 0 aliphatic rings. The van der Waals surface area contributed by atoms with Gasteiger partial charge in [0.15, 0.2) is 17.5 Å². The normalized spacial score (nSPS) is 10.6. The minimum absolute atomic E-state index is 0. The van der Waals surface area contributed by atoms with E-state index in [0.717, 1.165) is 11.3 Å². The quantitative estimate of drug-likeness (QED) is 0.332. The number of hydrogen-bond acceptors (Lipinski definition) is 5. The molecule has 0 saturated carbocycles. The number of aromatic amines is 1. The molecule has 0 aliphatic heterocycles. The maximum Gasteiger partial charge on any atom is 0.203 e. The second-order valence-electron chi connectivity index (χ2n) is 4.89. The van der Waals surface area contributed by atoms with Gasteiger partial charge < -0.3 is 24.8 Å². The Kier molecular flexibility index (Phi) is 8.89. The molecule has 0 aliphatic carbocycles. The minimum atomic E-state index is 0. The summed E-state index contributed by atoms with van der Waals surface area (Å²) < 4.78 is 16.0. The van der Waals surface area contributed by atoms with Gasteiger partial charge >= 0.3 is 0 Å². The van der Waals surface area contributed by atoms with Crippen LogP contribution in [0.15, 0.2) is 29.4 Å². The van der Waals surface area contributed by atoms with Crippen molar-refractivity contribution >= 4 is 29.9 Å². The van der Waals surface area contributed by atoms with Gasteiger partial charge in [-0.15, -0.1) is 24.0 Å². The molecule has 3 N–H and O–H groups in total. The molecule has 9 heteroatoms. The number of nitrogens with zero attached hydrogens (tertiary/aromatic N) is 2. The standard InChI is InChI=1S/C16H23N5O3.HI/c1-17-16(19-10-12-5-6-20-21-12)18-9-11-7-13(22-2)15(24-4)14(8-11)23-3;/h5-8H,9-10H2,1-4H3,(H,20,21)(H2,17,18,19);1H. The molecule has 0 spiro atoms. The molecule has 2 rings (SSSR count). The third-order valence-electron chi connectivity index (χ3n) is 3.41. The smallest absolute Gasteiger partial charge is 0.203 e. The van der Waals surface area contributed by atoms with Crippen LogP contribution in [0.2, 0.25) is 0 Å². The van der Waals surface area contributed by atoms with E-state index in [9.17, 15) is 0 Å². The molecular weight excluding hydrogens is 437 g/mol. The van der Waals surface area contributed by atoms with Crippen LogP contribution in [-0.4, -0.2) is 44.5 Å². The van der Waals surface area contributed by atoms with Crippen LogP contribution in [0.4, 0.5) is 0 Å². The molecule has 138 valence electrons. The van der Waals surface area contributed by atoms with E-state index in [1.165, 1.54) is 0 Å². The summed E-state index contributed by atoms with van der Waals surface area (Å²) in [7, 11) is 6.50. The number of H-pyrrole nitrogens is 1. The third-order valence-corrected chi connectivity index (χ3v) is 3.41. The number of aliphatic imine (C=N–C) groups is 1. The maximum atomic E-state index is 5.36. The lowest BCUT2D eigenvalue weighted by atomic mass is 10.2. The third kappa shape index (κ3) is 5.69. The number of halogens is 1. The highest BCUT2D eigenvalue weighted by Crippen LogP contribution is 2.38. The summed E-state index contributed by atoms with van der Waals surface area (Å²) in [5.41, 5.74) is 1.96. The molecule has 25 heavy (non-hydrogen) atoms. The first-order chi connectivity index (χ1) is 11.7. The number of hydrogen-bond donors (Lipinski definition) is 3. The Morgan fingerprint density at radius 1 is 1.08 bits per heavy atom. The van der Waals surface area contributed by atoms with Crippen molar-refractivity contribution in [3.63, 3.8) is 0 Å². The van der Waals surface area contributed by atoms with E-state index in [-0.39, 0.29) is 24.0 Å². The Labute approximate surface area is 164 Å². The Hall–Kier alpha value is -2.17. The lowest BCUT2D eigenvalue weighted by Gasteiger charge is -2.15. The van der Waals surface area contributed by atoms with E-state index in [4.69, 9.17) is 14.2 Å². The van der Waals surface area contributed by atoms with E-state index >= 15 is 0 Å². The summed E-state index contributed by atoms with van der Waals surface area (Å²) >= 11 is 0. The minimum Gasteiger partial charge on any atom is -0.493 e. The Morgan fingerprint density at radius 3 is 2.20 bits per heavy atom. The van der Waals surface area contributed by atoms with Gasteiger partial charge in [-0.05, 0) is 23.8 Å². The summed E-state index contributed by atoms with van der Waals surface area (Å²) in [6, 6.07) is 5.70. The number of aromatic nitrogens is 2. The highest BCUT2D eigenvalue weighted by atomic mass is 127. The van der Waals surface area contributed by atoms with Crippen molar-refractivity contribution in [2.24, 2.45) is 4.99 Å². The van der Waals surface area contributed by atoms with E-state index in [1.807, 2.05) is 18.2 Å². The summed E-state index contributed by atoms with van der Waals surface area (Å²) in [5, 5.41) is 13.2. The van der Waals surface area contributed by atoms with Crippen LogP contribution < -0.4 is 24.8 Å². The molecule has 0 unspecified atom stereocenters. The fourth-order valence-electron chi connectivity index (χ4n) is 2.21. The molecule has 1 heterocycles. The lowest BCUT2D eigenvalue weighted by molar-refractivity contribution is 0.323. The van der Waals surface area contributed by atoms with Gasteiger partial charge in [0.2, 0.25) is 5.75 Å². The first kappa shape index (κ1) is 20.9. The molecule has 0 atom stereocenters. The van der Waals surface area contributed by atoms with Crippen LogP contribution >= 0.6 is 24.0 Å². The zero-order valence-electron chi connectivity index (χ0n) is 14.8. The van der Waals surface area contributed by atoms with Crippen LogP contribution in [0, 0.1) is 0 Å². The van der Waals surface area contributed by atoms with Crippen molar-refractivity contribution in [2.45, 2.75) is 13.1 Å². The van der Waals surface area contributed by atoms with Gasteiger partial charge in [0.25, 0.3) is 0 Å². The Balaban J connectivity index is 0.00000312. The van der Waals surface area contributed by atoms with Crippen molar-refractivity contribution in [1.29, 1.82) is 0 Å². The summed E-state index contributed by atoms with van der Waals surface area (Å²) in [5.74, 6) is 2.49. The average molecular weight is 461 g/mol. The van der Waals surface area contributed by atoms with Crippen LogP contribution in [-0.2, 0) is 13.1 Å². The largest absolute Gasteiger partial charge is 0.493 e. The molecule has 0 fully saturated rings. The predicted octanol–water partition coefficient (Wildman–Crippen LogP) is 1.92. The second-order valence-corrected chi connectivity index (χ2v) is 4.89. The summed E-state index contributed by atoms with van der Waals surface area (Å²) in [6.45, 7) is 1.16. The highest BCUT2D eigenvalue weighted by molar-refractivity contribution is 14.0. The number of nitrogens with one attached hydrogen (secondary N) is 3.